The summed E-state index contributed by atoms with van der Waals surface area (Å²) in [7, 11) is 1.69. The normalized spacial score (nSPS) is 12.4. The van der Waals surface area contributed by atoms with E-state index in [2.05, 4.69) is 42.6 Å². The lowest BCUT2D eigenvalue weighted by Gasteiger charge is -2.14. The molecule has 1 aromatic heterocycles. The van der Waals surface area contributed by atoms with Crippen LogP contribution in [0, 0.1) is 0 Å². The molecule has 1 aromatic carbocycles. The summed E-state index contributed by atoms with van der Waals surface area (Å²) in [5.41, 5.74) is 2.43. The largest absolute Gasteiger partial charge is 0.497 e. The third kappa shape index (κ3) is 3.58. The highest BCUT2D eigenvalue weighted by Crippen LogP contribution is 2.19. The molecule has 19 heavy (non-hydrogen) atoms. The van der Waals surface area contributed by atoms with Crippen molar-refractivity contribution in [2.45, 2.75) is 33.0 Å². The number of hydrogen-bond donors (Lipinski definition) is 1. The predicted octanol–water partition coefficient (Wildman–Crippen LogP) is 2.76. The van der Waals surface area contributed by atoms with Gasteiger partial charge in [-0.05, 0) is 31.5 Å². The number of ether oxygens (including phenoxy) is 1. The lowest BCUT2D eigenvalue weighted by molar-refractivity contribution is 0.413. The van der Waals surface area contributed by atoms with Gasteiger partial charge in [-0.15, -0.1) is 0 Å². The topological polar surface area (TPSA) is 39.1 Å². The number of benzene rings is 1. The van der Waals surface area contributed by atoms with Crippen LogP contribution in [-0.2, 0) is 13.1 Å². The molecule has 0 aliphatic heterocycles. The Morgan fingerprint density at radius 1 is 1.42 bits per heavy atom. The molecule has 0 spiro atoms. The van der Waals surface area contributed by atoms with Gasteiger partial charge in [-0.2, -0.15) is 5.10 Å². The quantitative estimate of drug-likeness (QED) is 0.867. The first kappa shape index (κ1) is 13.6. The zero-order valence-corrected chi connectivity index (χ0v) is 11.8. The number of aryl methyl sites for hydroxylation is 1. The summed E-state index contributed by atoms with van der Waals surface area (Å²) in [4.78, 5) is 0. The van der Waals surface area contributed by atoms with Crippen molar-refractivity contribution >= 4 is 0 Å². The predicted molar refractivity (Wildman–Crippen MR) is 76.1 cm³/mol. The summed E-state index contributed by atoms with van der Waals surface area (Å²) in [6.07, 6.45) is 3.99. The molecule has 1 N–H and O–H groups in total. The molecule has 102 valence electrons. The van der Waals surface area contributed by atoms with Gasteiger partial charge in [0.15, 0.2) is 0 Å². The van der Waals surface area contributed by atoms with E-state index in [-0.39, 0.29) is 6.04 Å². The molecule has 0 saturated heterocycles. The highest BCUT2D eigenvalue weighted by atomic mass is 16.5. The summed E-state index contributed by atoms with van der Waals surface area (Å²) in [5.74, 6) is 0.893. The van der Waals surface area contributed by atoms with E-state index in [4.69, 9.17) is 4.74 Å². The first-order valence-electron chi connectivity index (χ1n) is 6.61. The van der Waals surface area contributed by atoms with Crippen LogP contribution in [0.15, 0.2) is 36.7 Å². The number of nitrogens with one attached hydrogen (secondary N) is 1. The molecule has 1 atom stereocenters. The Labute approximate surface area is 114 Å². The second-order valence-electron chi connectivity index (χ2n) is 4.58. The van der Waals surface area contributed by atoms with E-state index >= 15 is 0 Å². The summed E-state index contributed by atoms with van der Waals surface area (Å²) >= 11 is 0. The molecule has 0 aliphatic carbocycles. The maximum absolute atomic E-state index is 5.24. The Balaban J connectivity index is 1.94. The van der Waals surface area contributed by atoms with Gasteiger partial charge in [0.1, 0.15) is 5.75 Å². The van der Waals surface area contributed by atoms with E-state index in [1.54, 1.807) is 7.11 Å². The van der Waals surface area contributed by atoms with Crippen LogP contribution in [0.4, 0.5) is 0 Å². The molecular weight excluding hydrogens is 238 g/mol. The Bertz CT molecular complexity index is 522. The Hall–Kier alpha value is -1.81. The molecule has 0 unspecified atom stereocenters. The third-order valence-electron chi connectivity index (χ3n) is 3.22. The molecule has 0 fully saturated rings. The molecule has 0 radical (unpaired) electrons. The summed E-state index contributed by atoms with van der Waals surface area (Å²) in [5, 5.41) is 7.76. The molecule has 0 bridgehead atoms. The van der Waals surface area contributed by atoms with Crippen molar-refractivity contribution in [3.05, 3.63) is 47.8 Å². The van der Waals surface area contributed by atoms with Gasteiger partial charge in [0.05, 0.1) is 13.3 Å². The van der Waals surface area contributed by atoms with Crippen LogP contribution < -0.4 is 10.1 Å². The first-order valence-corrected chi connectivity index (χ1v) is 6.61. The van der Waals surface area contributed by atoms with Gasteiger partial charge >= 0.3 is 0 Å². The molecule has 0 saturated carbocycles. The fraction of sp³-hybridized carbons (Fsp3) is 0.400. The zero-order valence-electron chi connectivity index (χ0n) is 11.8. The first-order chi connectivity index (χ1) is 9.22. The SMILES string of the molecule is CCn1cc(CN[C@H](C)c2cccc(OC)c2)cn1. The molecule has 0 aliphatic rings. The summed E-state index contributed by atoms with van der Waals surface area (Å²) < 4.78 is 7.18. The average Bonchev–Trinajstić information content (AvgIpc) is 2.93. The lowest BCUT2D eigenvalue weighted by atomic mass is 10.1. The second-order valence-corrected chi connectivity index (χ2v) is 4.58. The van der Waals surface area contributed by atoms with Gasteiger partial charge in [-0.3, -0.25) is 4.68 Å². The van der Waals surface area contributed by atoms with E-state index in [1.807, 2.05) is 23.0 Å². The maximum atomic E-state index is 5.24. The van der Waals surface area contributed by atoms with Gasteiger partial charge in [-0.25, -0.2) is 0 Å². The summed E-state index contributed by atoms with van der Waals surface area (Å²) in [6.45, 7) is 5.96. The lowest BCUT2D eigenvalue weighted by Crippen LogP contribution is -2.17. The van der Waals surface area contributed by atoms with Gasteiger partial charge < -0.3 is 10.1 Å². The van der Waals surface area contributed by atoms with Crippen molar-refractivity contribution in [1.29, 1.82) is 0 Å². The van der Waals surface area contributed by atoms with E-state index in [0.717, 1.165) is 18.8 Å². The van der Waals surface area contributed by atoms with Crippen LogP contribution in [-0.4, -0.2) is 16.9 Å². The van der Waals surface area contributed by atoms with E-state index in [1.165, 1.54) is 11.1 Å². The standard InChI is InChI=1S/C15H21N3O/c1-4-18-11-13(10-17-18)9-16-12(2)14-6-5-7-15(8-14)19-3/h5-8,10-12,16H,4,9H2,1-3H3/t12-/m1/s1. The molecule has 4 heteroatoms. The van der Waals surface area contributed by atoms with Crippen LogP contribution in [0.2, 0.25) is 0 Å². The smallest absolute Gasteiger partial charge is 0.119 e. The second kappa shape index (κ2) is 6.38. The number of hydrogen-bond acceptors (Lipinski definition) is 3. The summed E-state index contributed by atoms with van der Waals surface area (Å²) in [6, 6.07) is 8.42. The van der Waals surface area contributed by atoms with Gasteiger partial charge in [0.25, 0.3) is 0 Å². The molecule has 2 rings (SSSR count). The fourth-order valence-corrected chi connectivity index (χ4v) is 1.97. The fourth-order valence-electron chi connectivity index (χ4n) is 1.97. The number of rotatable bonds is 6. The molecule has 1 heterocycles. The van der Waals surface area contributed by atoms with Crippen LogP contribution in [0.3, 0.4) is 0 Å². The van der Waals surface area contributed by atoms with Crippen molar-refractivity contribution in [3.8, 4) is 5.75 Å². The minimum Gasteiger partial charge on any atom is -0.497 e. The van der Waals surface area contributed by atoms with Crippen molar-refractivity contribution in [3.63, 3.8) is 0 Å². The van der Waals surface area contributed by atoms with Crippen molar-refractivity contribution in [2.75, 3.05) is 7.11 Å². The monoisotopic (exact) mass is 259 g/mol. The number of nitrogens with zero attached hydrogens (tertiary/aromatic N) is 2. The van der Waals surface area contributed by atoms with Crippen LogP contribution >= 0.6 is 0 Å². The van der Waals surface area contributed by atoms with Gasteiger partial charge in [0, 0.05) is 30.9 Å². The number of aromatic nitrogens is 2. The molecule has 0 amide bonds. The maximum Gasteiger partial charge on any atom is 0.119 e. The highest BCUT2D eigenvalue weighted by molar-refractivity contribution is 5.30. The Morgan fingerprint density at radius 2 is 2.26 bits per heavy atom. The van der Waals surface area contributed by atoms with Crippen LogP contribution in [0.5, 0.6) is 5.75 Å². The van der Waals surface area contributed by atoms with Crippen molar-refractivity contribution in [1.82, 2.24) is 15.1 Å². The minimum absolute atomic E-state index is 0.278. The molecular formula is C15H21N3O. The van der Waals surface area contributed by atoms with E-state index < -0.39 is 0 Å². The Kier molecular flexibility index (Phi) is 4.58. The van der Waals surface area contributed by atoms with Crippen molar-refractivity contribution < 1.29 is 4.74 Å². The van der Waals surface area contributed by atoms with Crippen LogP contribution in [0.25, 0.3) is 0 Å². The van der Waals surface area contributed by atoms with Gasteiger partial charge in [0.2, 0.25) is 0 Å². The minimum atomic E-state index is 0.278. The van der Waals surface area contributed by atoms with Crippen molar-refractivity contribution in [2.24, 2.45) is 0 Å². The average molecular weight is 259 g/mol. The third-order valence-corrected chi connectivity index (χ3v) is 3.22. The number of methoxy groups -OCH3 is 1. The van der Waals surface area contributed by atoms with Crippen LogP contribution in [0.1, 0.15) is 31.0 Å². The molecule has 2 aromatic rings. The van der Waals surface area contributed by atoms with Gasteiger partial charge in [-0.1, -0.05) is 12.1 Å². The zero-order chi connectivity index (χ0) is 13.7. The van der Waals surface area contributed by atoms with E-state index in [0.29, 0.717) is 0 Å². The van der Waals surface area contributed by atoms with E-state index in [9.17, 15) is 0 Å². The molecule has 4 nitrogen and oxygen atoms in total. The highest BCUT2D eigenvalue weighted by Gasteiger charge is 2.06. The Morgan fingerprint density at radius 3 is 2.95 bits per heavy atom.